The summed E-state index contributed by atoms with van der Waals surface area (Å²) < 4.78 is 0. The zero-order valence-corrected chi connectivity index (χ0v) is 18.9. The summed E-state index contributed by atoms with van der Waals surface area (Å²) in [4.78, 5) is 28.6. The fourth-order valence-corrected chi connectivity index (χ4v) is 4.63. The first-order valence-electron chi connectivity index (χ1n) is 10.5. The Morgan fingerprint density at radius 2 is 1.77 bits per heavy atom. The Balaban J connectivity index is 1.64. The molecule has 0 bridgehead atoms. The van der Waals surface area contributed by atoms with E-state index in [0.29, 0.717) is 11.6 Å². The highest BCUT2D eigenvalue weighted by Gasteiger charge is 2.28. The lowest BCUT2D eigenvalue weighted by atomic mass is 10.1. The molecule has 6 heteroatoms. The largest absolute Gasteiger partial charge is 0.352 e. The molecule has 160 valence electrons. The van der Waals surface area contributed by atoms with Crippen molar-refractivity contribution in [1.29, 1.82) is 0 Å². The minimum atomic E-state index is -0.493. The van der Waals surface area contributed by atoms with Crippen LogP contribution in [0.2, 0.25) is 5.02 Å². The molecule has 30 heavy (non-hydrogen) atoms. The molecule has 1 N–H and O–H groups in total. The van der Waals surface area contributed by atoms with Crippen LogP contribution in [0.3, 0.4) is 0 Å². The maximum absolute atomic E-state index is 13.1. The smallest absolute Gasteiger partial charge is 0.242 e. The fraction of sp³-hybridized carbons (Fsp3) is 0.417. The molecule has 2 aromatic rings. The molecule has 0 saturated heterocycles. The minimum absolute atomic E-state index is 0.0278. The number of nitrogens with one attached hydrogen (secondary N) is 1. The van der Waals surface area contributed by atoms with Crippen molar-refractivity contribution in [2.24, 2.45) is 0 Å². The Labute approximate surface area is 188 Å². The van der Waals surface area contributed by atoms with Crippen molar-refractivity contribution in [3.8, 4) is 0 Å². The Kier molecular flexibility index (Phi) is 8.64. The summed E-state index contributed by atoms with van der Waals surface area (Å²) in [6.45, 7) is 2.35. The third-order valence-electron chi connectivity index (χ3n) is 5.53. The maximum Gasteiger partial charge on any atom is 0.242 e. The Hall–Kier alpha value is -1.98. The van der Waals surface area contributed by atoms with Crippen LogP contribution in [0.15, 0.2) is 59.5 Å². The first kappa shape index (κ1) is 22.7. The van der Waals surface area contributed by atoms with Gasteiger partial charge in [-0.3, -0.25) is 9.59 Å². The lowest BCUT2D eigenvalue weighted by Crippen LogP contribution is -2.51. The number of carbonyl (C=O) groups excluding carboxylic acids is 2. The van der Waals surface area contributed by atoms with Gasteiger partial charge in [0.2, 0.25) is 11.8 Å². The number of halogens is 1. The van der Waals surface area contributed by atoms with Gasteiger partial charge in [0.15, 0.2) is 0 Å². The molecule has 2 amide bonds. The molecule has 0 radical (unpaired) electrons. The summed E-state index contributed by atoms with van der Waals surface area (Å²) in [5.74, 6) is 0.206. The van der Waals surface area contributed by atoms with E-state index in [2.05, 4.69) is 5.32 Å². The highest BCUT2D eigenvalue weighted by atomic mass is 35.5. The third-order valence-corrected chi connectivity index (χ3v) is 6.78. The van der Waals surface area contributed by atoms with E-state index in [0.717, 1.165) is 42.6 Å². The quantitative estimate of drug-likeness (QED) is 0.556. The van der Waals surface area contributed by atoms with E-state index in [1.807, 2.05) is 61.5 Å². The number of amides is 2. The van der Waals surface area contributed by atoms with Gasteiger partial charge in [-0.25, -0.2) is 0 Å². The fourth-order valence-electron chi connectivity index (χ4n) is 3.72. The molecule has 0 heterocycles. The SMILES string of the molecule is CC(C(=O)NC1CCCC1)N(CCc1ccccc1)C(=O)CSc1ccc(Cl)cc1. The molecule has 4 nitrogen and oxygen atoms in total. The van der Waals surface area contributed by atoms with Crippen LogP contribution in [-0.4, -0.2) is 41.1 Å². The van der Waals surface area contributed by atoms with Crippen molar-refractivity contribution in [3.63, 3.8) is 0 Å². The first-order valence-corrected chi connectivity index (χ1v) is 11.9. The average Bonchev–Trinajstić information content (AvgIpc) is 3.27. The van der Waals surface area contributed by atoms with Crippen molar-refractivity contribution in [1.82, 2.24) is 10.2 Å². The topological polar surface area (TPSA) is 49.4 Å². The van der Waals surface area contributed by atoms with Gasteiger partial charge in [0.05, 0.1) is 5.75 Å². The first-order chi connectivity index (χ1) is 14.5. The second-order valence-electron chi connectivity index (χ2n) is 7.73. The van der Waals surface area contributed by atoms with Gasteiger partial charge in [-0.15, -0.1) is 11.8 Å². The average molecular weight is 445 g/mol. The number of rotatable bonds is 9. The molecular formula is C24H29ClN2O2S. The molecule has 3 rings (SSSR count). The van der Waals surface area contributed by atoms with Gasteiger partial charge >= 0.3 is 0 Å². The standard InChI is InChI=1S/C24H29ClN2O2S/c1-18(24(29)26-21-9-5-6-10-21)27(16-15-19-7-3-2-4-8-19)23(28)17-30-22-13-11-20(25)12-14-22/h2-4,7-8,11-14,18,21H,5-6,9-10,15-17H2,1H3,(H,26,29). The van der Waals surface area contributed by atoms with Crippen LogP contribution in [0.4, 0.5) is 0 Å². The van der Waals surface area contributed by atoms with Crippen molar-refractivity contribution in [2.45, 2.75) is 56.0 Å². The monoisotopic (exact) mass is 444 g/mol. The minimum Gasteiger partial charge on any atom is -0.352 e. The predicted octanol–water partition coefficient (Wildman–Crippen LogP) is 4.95. The summed E-state index contributed by atoms with van der Waals surface area (Å²) in [6, 6.07) is 17.3. The van der Waals surface area contributed by atoms with Gasteiger partial charge in [0, 0.05) is 22.5 Å². The van der Waals surface area contributed by atoms with Crippen LogP contribution in [0.25, 0.3) is 0 Å². The molecule has 1 aliphatic rings. The van der Waals surface area contributed by atoms with E-state index in [9.17, 15) is 9.59 Å². The maximum atomic E-state index is 13.1. The van der Waals surface area contributed by atoms with Crippen molar-refractivity contribution >= 4 is 35.2 Å². The number of hydrogen-bond acceptors (Lipinski definition) is 3. The van der Waals surface area contributed by atoms with Crippen LogP contribution in [0, 0.1) is 0 Å². The number of nitrogens with zero attached hydrogens (tertiary/aromatic N) is 1. The molecule has 1 unspecified atom stereocenters. The highest BCUT2D eigenvalue weighted by Crippen LogP contribution is 2.22. The van der Waals surface area contributed by atoms with Gasteiger partial charge in [-0.05, 0) is 56.0 Å². The van der Waals surface area contributed by atoms with Crippen molar-refractivity contribution in [3.05, 3.63) is 65.2 Å². The van der Waals surface area contributed by atoms with Gasteiger partial charge < -0.3 is 10.2 Å². The number of thioether (sulfide) groups is 1. The summed E-state index contributed by atoms with van der Waals surface area (Å²) >= 11 is 7.41. The Morgan fingerprint density at radius 1 is 1.10 bits per heavy atom. The molecular weight excluding hydrogens is 416 g/mol. The predicted molar refractivity (Wildman–Crippen MR) is 124 cm³/mol. The molecule has 1 aliphatic carbocycles. The molecule has 1 fully saturated rings. The second-order valence-corrected chi connectivity index (χ2v) is 9.22. The normalized spacial score (nSPS) is 15.0. The number of benzene rings is 2. The molecule has 0 aromatic heterocycles. The third kappa shape index (κ3) is 6.78. The summed E-state index contributed by atoms with van der Waals surface area (Å²) in [5, 5.41) is 3.81. The van der Waals surface area contributed by atoms with Crippen LogP contribution < -0.4 is 5.32 Å². The zero-order chi connectivity index (χ0) is 21.3. The van der Waals surface area contributed by atoms with Gasteiger partial charge in [-0.1, -0.05) is 54.8 Å². The summed E-state index contributed by atoms with van der Waals surface area (Å²) in [5.41, 5.74) is 1.16. The second kappa shape index (κ2) is 11.4. The highest BCUT2D eigenvalue weighted by molar-refractivity contribution is 8.00. The molecule has 0 aliphatic heterocycles. The van der Waals surface area contributed by atoms with E-state index in [1.165, 1.54) is 11.8 Å². The van der Waals surface area contributed by atoms with Crippen molar-refractivity contribution in [2.75, 3.05) is 12.3 Å². The number of hydrogen-bond donors (Lipinski definition) is 1. The van der Waals surface area contributed by atoms with E-state index in [1.54, 1.807) is 4.90 Å². The lowest BCUT2D eigenvalue weighted by molar-refractivity contribution is -0.138. The van der Waals surface area contributed by atoms with E-state index >= 15 is 0 Å². The zero-order valence-electron chi connectivity index (χ0n) is 17.4. The van der Waals surface area contributed by atoms with Gasteiger partial charge in [0.1, 0.15) is 6.04 Å². The van der Waals surface area contributed by atoms with Crippen LogP contribution in [0.1, 0.15) is 38.2 Å². The lowest BCUT2D eigenvalue weighted by Gasteiger charge is -2.29. The Bertz CT molecular complexity index is 823. The van der Waals surface area contributed by atoms with Crippen molar-refractivity contribution < 1.29 is 9.59 Å². The Morgan fingerprint density at radius 3 is 2.43 bits per heavy atom. The van der Waals surface area contributed by atoms with Gasteiger partial charge in [-0.2, -0.15) is 0 Å². The number of carbonyl (C=O) groups is 2. The molecule has 0 spiro atoms. The van der Waals surface area contributed by atoms with E-state index in [4.69, 9.17) is 11.6 Å². The van der Waals surface area contributed by atoms with Crippen LogP contribution in [-0.2, 0) is 16.0 Å². The molecule has 1 atom stereocenters. The summed E-state index contributed by atoms with van der Waals surface area (Å²) in [6.07, 6.45) is 5.10. The van der Waals surface area contributed by atoms with E-state index < -0.39 is 6.04 Å². The van der Waals surface area contributed by atoms with Crippen LogP contribution >= 0.6 is 23.4 Å². The molecule has 1 saturated carbocycles. The van der Waals surface area contributed by atoms with Gasteiger partial charge in [0.25, 0.3) is 0 Å². The van der Waals surface area contributed by atoms with Crippen LogP contribution in [0.5, 0.6) is 0 Å². The summed E-state index contributed by atoms with van der Waals surface area (Å²) in [7, 11) is 0. The van der Waals surface area contributed by atoms with E-state index in [-0.39, 0.29) is 23.6 Å². The molecule has 2 aromatic carbocycles.